The van der Waals surface area contributed by atoms with Crippen LogP contribution in [0.2, 0.25) is 0 Å². The Morgan fingerprint density at radius 3 is 2.56 bits per heavy atom. The molecule has 1 N–H and O–H groups in total. The Bertz CT molecular complexity index is 318. The predicted octanol–water partition coefficient (Wildman–Crippen LogP) is 3.71. The van der Waals surface area contributed by atoms with E-state index >= 15 is 0 Å². The number of nitrogens with one attached hydrogen (secondary N) is 1. The highest BCUT2D eigenvalue weighted by molar-refractivity contribution is 7.11. The topological polar surface area (TPSA) is 24.9 Å². The van der Waals surface area contributed by atoms with Crippen LogP contribution in [-0.4, -0.2) is 11.5 Å². The van der Waals surface area contributed by atoms with Gasteiger partial charge in [-0.3, -0.25) is 0 Å². The molecular formula is C13H24N2S. The van der Waals surface area contributed by atoms with Crippen molar-refractivity contribution in [3.05, 3.63) is 15.6 Å². The fourth-order valence-electron chi connectivity index (χ4n) is 1.79. The van der Waals surface area contributed by atoms with Gasteiger partial charge in [-0.2, -0.15) is 0 Å². The Morgan fingerprint density at radius 1 is 1.31 bits per heavy atom. The van der Waals surface area contributed by atoms with Crippen LogP contribution < -0.4 is 5.32 Å². The van der Waals surface area contributed by atoms with Crippen LogP contribution in [0.15, 0.2) is 0 Å². The van der Waals surface area contributed by atoms with Crippen molar-refractivity contribution < 1.29 is 0 Å². The van der Waals surface area contributed by atoms with Gasteiger partial charge in [0.1, 0.15) is 0 Å². The molecule has 0 fully saturated rings. The molecule has 2 nitrogen and oxygen atoms in total. The lowest BCUT2D eigenvalue weighted by Gasteiger charge is -2.09. The van der Waals surface area contributed by atoms with E-state index in [2.05, 4.69) is 44.9 Å². The summed E-state index contributed by atoms with van der Waals surface area (Å²) in [6.45, 7) is 12.0. The van der Waals surface area contributed by atoms with Crippen LogP contribution in [-0.2, 0) is 6.42 Å². The molecule has 1 aromatic heterocycles. The molecule has 0 radical (unpaired) electrons. The van der Waals surface area contributed by atoms with E-state index < -0.39 is 0 Å². The summed E-state index contributed by atoms with van der Waals surface area (Å²) in [4.78, 5) is 6.07. The van der Waals surface area contributed by atoms with Gasteiger partial charge in [-0.25, -0.2) is 4.98 Å². The summed E-state index contributed by atoms with van der Waals surface area (Å²) >= 11 is 1.88. The van der Waals surface area contributed by atoms with E-state index in [1.165, 1.54) is 22.0 Å². The SMILES string of the molecule is CCNC(C)c1sc(CCC(C)C)nc1C. The van der Waals surface area contributed by atoms with E-state index in [0.29, 0.717) is 6.04 Å². The van der Waals surface area contributed by atoms with Gasteiger partial charge < -0.3 is 5.32 Å². The highest BCUT2D eigenvalue weighted by atomic mass is 32.1. The normalized spacial score (nSPS) is 13.4. The molecule has 0 spiro atoms. The highest BCUT2D eigenvalue weighted by Gasteiger charge is 2.13. The minimum atomic E-state index is 0.440. The van der Waals surface area contributed by atoms with Crippen molar-refractivity contribution in [3.63, 3.8) is 0 Å². The molecule has 92 valence electrons. The Morgan fingerprint density at radius 2 is 2.00 bits per heavy atom. The average Bonchev–Trinajstić information content (AvgIpc) is 2.57. The van der Waals surface area contributed by atoms with Crippen molar-refractivity contribution in [3.8, 4) is 0 Å². The van der Waals surface area contributed by atoms with Gasteiger partial charge in [0.15, 0.2) is 0 Å². The Balaban J connectivity index is 2.65. The Labute approximate surface area is 103 Å². The van der Waals surface area contributed by atoms with Crippen LogP contribution in [0.25, 0.3) is 0 Å². The van der Waals surface area contributed by atoms with Gasteiger partial charge in [0.25, 0.3) is 0 Å². The maximum absolute atomic E-state index is 4.66. The van der Waals surface area contributed by atoms with Crippen molar-refractivity contribution in [1.29, 1.82) is 0 Å². The summed E-state index contributed by atoms with van der Waals surface area (Å²) < 4.78 is 0. The summed E-state index contributed by atoms with van der Waals surface area (Å²) in [5.41, 5.74) is 1.21. The molecular weight excluding hydrogens is 216 g/mol. The number of nitrogens with zero attached hydrogens (tertiary/aromatic N) is 1. The third-order valence-electron chi connectivity index (χ3n) is 2.72. The largest absolute Gasteiger partial charge is 0.310 e. The van der Waals surface area contributed by atoms with Crippen molar-refractivity contribution >= 4 is 11.3 Å². The average molecular weight is 240 g/mol. The first-order chi connectivity index (χ1) is 7.54. The number of rotatable bonds is 6. The van der Waals surface area contributed by atoms with Gasteiger partial charge in [0.2, 0.25) is 0 Å². The molecule has 1 unspecified atom stereocenters. The second kappa shape index (κ2) is 6.36. The van der Waals surface area contributed by atoms with Crippen molar-refractivity contribution in [2.24, 2.45) is 5.92 Å². The third kappa shape index (κ3) is 3.87. The molecule has 0 aliphatic rings. The van der Waals surface area contributed by atoms with E-state index in [0.717, 1.165) is 18.9 Å². The number of hydrogen-bond acceptors (Lipinski definition) is 3. The predicted molar refractivity (Wildman–Crippen MR) is 72.1 cm³/mol. The van der Waals surface area contributed by atoms with Gasteiger partial charge in [0, 0.05) is 10.9 Å². The van der Waals surface area contributed by atoms with E-state index in [4.69, 9.17) is 0 Å². The number of aryl methyl sites for hydroxylation is 2. The molecule has 0 saturated carbocycles. The minimum absolute atomic E-state index is 0.440. The molecule has 3 heteroatoms. The molecule has 0 amide bonds. The van der Waals surface area contributed by atoms with Crippen molar-refractivity contribution in [2.75, 3.05) is 6.54 Å². The quantitative estimate of drug-likeness (QED) is 0.820. The van der Waals surface area contributed by atoms with Crippen LogP contribution in [0.3, 0.4) is 0 Å². The summed E-state index contributed by atoms with van der Waals surface area (Å²) in [6.07, 6.45) is 2.37. The molecule has 1 atom stereocenters. The molecule has 0 saturated heterocycles. The number of hydrogen-bond donors (Lipinski definition) is 1. The van der Waals surface area contributed by atoms with Gasteiger partial charge in [-0.1, -0.05) is 20.8 Å². The summed E-state index contributed by atoms with van der Waals surface area (Å²) in [5, 5.41) is 4.75. The standard InChI is InChI=1S/C13H24N2S/c1-6-14-10(4)13-11(5)15-12(16-13)8-7-9(2)3/h9-10,14H,6-8H2,1-5H3. The highest BCUT2D eigenvalue weighted by Crippen LogP contribution is 2.26. The van der Waals surface area contributed by atoms with Crippen LogP contribution >= 0.6 is 11.3 Å². The maximum atomic E-state index is 4.66. The van der Waals surface area contributed by atoms with Crippen LogP contribution in [0.1, 0.15) is 55.7 Å². The van der Waals surface area contributed by atoms with Crippen molar-refractivity contribution in [1.82, 2.24) is 10.3 Å². The smallest absolute Gasteiger partial charge is 0.0931 e. The van der Waals surface area contributed by atoms with Crippen molar-refractivity contribution in [2.45, 2.75) is 53.5 Å². The van der Waals surface area contributed by atoms with E-state index in [9.17, 15) is 0 Å². The monoisotopic (exact) mass is 240 g/mol. The molecule has 0 bridgehead atoms. The molecule has 1 aromatic rings. The zero-order valence-electron chi connectivity index (χ0n) is 11.1. The minimum Gasteiger partial charge on any atom is -0.310 e. The molecule has 16 heavy (non-hydrogen) atoms. The lowest BCUT2D eigenvalue weighted by Crippen LogP contribution is -2.17. The van der Waals surface area contributed by atoms with Crippen LogP contribution in [0.5, 0.6) is 0 Å². The number of thiazole rings is 1. The zero-order valence-corrected chi connectivity index (χ0v) is 11.9. The van der Waals surface area contributed by atoms with E-state index in [1.807, 2.05) is 11.3 Å². The molecule has 0 aromatic carbocycles. The zero-order chi connectivity index (χ0) is 12.1. The first kappa shape index (κ1) is 13.7. The second-order valence-corrected chi connectivity index (χ2v) is 5.88. The van der Waals surface area contributed by atoms with E-state index in [1.54, 1.807) is 0 Å². The van der Waals surface area contributed by atoms with Crippen LogP contribution in [0, 0.1) is 12.8 Å². The fraction of sp³-hybridized carbons (Fsp3) is 0.769. The number of aromatic nitrogens is 1. The van der Waals surface area contributed by atoms with Gasteiger partial charge in [-0.05, 0) is 39.2 Å². The molecule has 1 heterocycles. The van der Waals surface area contributed by atoms with Gasteiger partial charge >= 0.3 is 0 Å². The lowest BCUT2D eigenvalue weighted by molar-refractivity contribution is 0.585. The van der Waals surface area contributed by atoms with E-state index in [-0.39, 0.29) is 0 Å². The first-order valence-corrected chi connectivity index (χ1v) is 7.05. The third-order valence-corrected chi connectivity index (χ3v) is 4.12. The summed E-state index contributed by atoms with van der Waals surface area (Å²) in [6, 6.07) is 0.440. The lowest BCUT2D eigenvalue weighted by atomic mass is 10.1. The Kier molecular flexibility index (Phi) is 5.42. The summed E-state index contributed by atoms with van der Waals surface area (Å²) in [5.74, 6) is 0.763. The van der Waals surface area contributed by atoms with Gasteiger partial charge in [0.05, 0.1) is 10.7 Å². The molecule has 0 aliphatic heterocycles. The first-order valence-electron chi connectivity index (χ1n) is 6.24. The molecule has 1 rings (SSSR count). The Hall–Kier alpha value is -0.410. The fourth-order valence-corrected chi connectivity index (χ4v) is 2.90. The second-order valence-electron chi connectivity index (χ2n) is 4.77. The molecule has 0 aliphatic carbocycles. The summed E-state index contributed by atoms with van der Waals surface area (Å²) in [7, 11) is 0. The van der Waals surface area contributed by atoms with Gasteiger partial charge in [-0.15, -0.1) is 11.3 Å². The van der Waals surface area contributed by atoms with Crippen LogP contribution in [0.4, 0.5) is 0 Å². The maximum Gasteiger partial charge on any atom is 0.0931 e.